The number of carbonyl (C=O) groups is 2. The molecule has 1 aromatic carbocycles. The zero-order chi connectivity index (χ0) is 14.7. The van der Waals surface area contributed by atoms with Crippen molar-refractivity contribution < 1.29 is 19.4 Å². The Kier molecular flexibility index (Phi) is 4.98. The van der Waals surface area contributed by atoms with Crippen molar-refractivity contribution >= 4 is 34.5 Å². The lowest BCUT2D eigenvalue weighted by Crippen LogP contribution is -2.46. The van der Waals surface area contributed by atoms with Gasteiger partial charge < -0.3 is 14.7 Å². The Bertz CT molecular complexity index is 520. The zero-order valence-electron chi connectivity index (χ0n) is 11.1. The number of rotatable bonds is 4. The van der Waals surface area contributed by atoms with Gasteiger partial charge in [-0.25, -0.2) is 0 Å². The Morgan fingerprint density at radius 1 is 1.40 bits per heavy atom. The fourth-order valence-corrected chi connectivity index (χ4v) is 3.02. The van der Waals surface area contributed by atoms with Gasteiger partial charge in [0.25, 0.3) is 5.91 Å². The average Bonchev–Trinajstić information content (AvgIpc) is 2.89. The highest BCUT2D eigenvalue weighted by atomic mass is 127. The highest BCUT2D eigenvalue weighted by molar-refractivity contribution is 14.1. The van der Waals surface area contributed by atoms with Gasteiger partial charge in [-0.15, -0.1) is 0 Å². The van der Waals surface area contributed by atoms with Crippen LogP contribution in [0.4, 0.5) is 0 Å². The molecule has 0 bridgehead atoms. The highest BCUT2D eigenvalue weighted by Crippen LogP contribution is 2.23. The summed E-state index contributed by atoms with van der Waals surface area (Å²) in [4.78, 5) is 25.5. The molecule has 1 aliphatic heterocycles. The third-order valence-electron chi connectivity index (χ3n) is 3.47. The molecule has 1 aromatic rings. The highest BCUT2D eigenvalue weighted by Gasteiger charge is 2.39. The minimum Gasteiger partial charge on any atom is -0.481 e. The van der Waals surface area contributed by atoms with Crippen LogP contribution in [0.5, 0.6) is 0 Å². The summed E-state index contributed by atoms with van der Waals surface area (Å²) < 4.78 is 6.11. The largest absolute Gasteiger partial charge is 0.481 e. The molecular weight excluding hydrogens is 373 g/mol. The number of benzene rings is 1. The quantitative estimate of drug-likeness (QED) is 0.799. The van der Waals surface area contributed by atoms with Crippen molar-refractivity contribution in [3.63, 3.8) is 0 Å². The Balaban J connectivity index is 2.26. The van der Waals surface area contributed by atoms with Crippen LogP contribution in [0.15, 0.2) is 24.3 Å². The molecule has 20 heavy (non-hydrogen) atoms. The maximum absolute atomic E-state index is 12.6. The smallest absolute Gasteiger partial charge is 0.311 e. The number of nitrogens with zero attached hydrogens (tertiary/aromatic N) is 1. The van der Waals surface area contributed by atoms with Crippen LogP contribution in [-0.4, -0.2) is 47.7 Å². The van der Waals surface area contributed by atoms with Gasteiger partial charge in [0.15, 0.2) is 0 Å². The number of hydrogen-bond donors (Lipinski definition) is 1. The number of hydrogen-bond acceptors (Lipinski definition) is 3. The summed E-state index contributed by atoms with van der Waals surface area (Å²) in [6.07, 6.45) is 0. The number of likely N-dealkylation sites (N-methyl/N-ethyl adjacent to an activating group) is 1. The standard InChI is InChI=1S/C14H16INO4/c1-2-16(12-8-20-7-10(12)14(18)19)13(17)9-5-3-4-6-11(9)15/h3-6,10,12H,2,7-8H2,1H3,(H,18,19). The second kappa shape index (κ2) is 6.53. The molecule has 0 spiro atoms. The predicted molar refractivity (Wildman–Crippen MR) is 81.6 cm³/mol. The van der Waals surface area contributed by atoms with Crippen LogP contribution in [0.2, 0.25) is 0 Å². The molecule has 6 heteroatoms. The number of ether oxygens (including phenoxy) is 1. The summed E-state index contributed by atoms with van der Waals surface area (Å²) in [6, 6.07) is 6.90. The monoisotopic (exact) mass is 389 g/mol. The van der Waals surface area contributed by atoms with E-state index in [1.165, 1.54) is 0 Å². The lowest BCUT2D eigenvalue weighted by molar-refractivity contribution is -0.142. The van der Waals surface area contributed by atoms with Gasteiger partial charge in [-0.05, 0) is 41.6 Å². The molecule has 5 nitrogen and oxygen atoms in total. The zero-order valence-corrected chi connectivity index (χ0v) is 13.2. The van der Waals surface area contributed by atoms with E-state index in [9.17, 15) is 14.7 Å². The summed E-state index contributed by atoms with van der Waals surface area (Å²) in [5.41, 5.74) is 0.603. The van der Waals surface area contributed by atoms with Crippen LogP contribution in [0.25, 0.3) is 0 Å². The molecule has 0 radical (unpaired) electrons. The Hall–Kier alpha value is -1.15. The first-order valence-corrected chi connectivity index (χ1v) is 7.50. The second-order valence-electron chi connectivity index (χ2n) is 4.62. The van der Waals surface area contributed by atoms with Crippen LogP contribution in [0.1, 0.15) is 17.3 Å². The topological polar surface area (TPSA) is 66.8 Å². The van der Waals surface area contributed by atoms with Crippen molar-refractivity contribution in [1.29, 1.82) is 0 Å². The maximum Gasteiger partial charge on any atom is 0.311 e. The normalized spacial score (nSPS) is 21.7. The molecule has 2 unspecified atom stereocenters. The molecule has 1 heterocycles. The molecule has 1 amide bonds. The first-order chi connectivity index (χ1) is 9.56. The SMILES string of the molecule is CCN(C(=O)c1ccccc1I)C1COCC1C(=O)O. The minimum atomic E-state index is -0.915. The summed E-state index contributed by atoms with van der Waals surface area (Å²) in [6.45, 7) is 2.75. The molecular formula is C14H16INO4. The van der Waals surface area contributed by atoms with E-state index in [1.54, 1.807) is 11.0 Å². The van der Waals surface area contributed by atoms with Crippen LogP contribution in [0.3, 0.4) is 0 Å². The van der Waals surface area contributed by atoms with Gasteiger partial charge >= 0.3 is 5.97 Å². The molecule has 2 atom stereocenters. The molecule has 2 rings (SSSR count). The molecule has 1 fully saturated rings. The molecule has 1 N–H and O–H groups in total. The van der Waals surface area contributed by atoms with E-state index in [0.717, 1.165) is 3.57 Å². The molecule has 108 valence electrons. The molecule has 1 aliphatic rings. The van der Waals surface area contributed by atoms with Crippen LogP contribution >= 0.6 is 22.6 Å². The van der Waals surface area contributed by atoms with E-state index in [-0.39, 0.29) is 19.1 Å². The summed E-state index contributed by atoms with van der Waals surface area (Å²) in [5, 5.41) is 9.22. The van der Waals surface area contributed by atoms with Crippen LogP contribution < -0.4 is 0 Å². The number of amides is 1. The van der Waals surface area contributed by atoms with Gasteiger partial charge in [-0.2, -0.15) is 0 Å². The lowest BCUT2D eigenvalue weighted by Gasteiger charge is -2.29. The van der Waals surface area contributed by atoms with Crippen LogP contribution in [0, 0.1) is 9.49 Å². The van der Waals surface area contributed by atoms with Gasteiger partial charge in [0, 0.05) is 10.1 Å². The van der Waals surface area contributed by atoms with Crippen molar-refractivity contribution in [3.05, 3.63) is 33.4 Å². The van der Waals surface area contributed by atoms with Gasteiger partial charge in [-0.1, -0.05) is 12.1 Å². The predicted octanol–water partition coefficient (Wildman–Crippen LogP) is 1.85. The van der Waals surface area contributed by atoms with Gasteiger partial charge in [0.2, 0.25) is 0 Å². The number of carboxylic acids is 1. The number of carboxylic acid groups (broad SMARTS) is 1. The molecule has 0 saturated carbocycles. The fraction of sp³-hybridized carbons (Fsp3) is 0.429. The average molecular weight is 389 g/mol. The number of aliphatic carboxylic acids is 1. The van der Waals surface area contributed by atoms with Gasteiger partial charge in [-0.3, -0.25) is 9.59 Å². The minimum absolute atomic E-state index is 0.140. The van der Waals surface area contributed by atoms with E-state index in [1.807, 2.05) is 25.1 Å². The molecule has 0 aromatic heterocycles. The fourth-order valence-electron chi connectivity index (χ4n) is 2.40. The van der Waals surface area contributed by atoms with E-state index in [2.05, 4.69) is 22.6 Å². The first-order valence-electron chi connectivity index (χ1n) is 6.42. The number of carbonyl (C=O) groups excluding carboxylic acids is 1. The summed E-state index contributed by atoms with van der Waals surface area (Å²) in [5.74, 6) is -1.71. The lowest BCUT2D eigenvalue weighted by atomic mass is 10.0. The second-order valence-corrected chi connectivity index (χ2v) is 5.78. The van der Waals surface area contributed by atoms with Gasteiger partial charge in [0.1, 0.15) is 5.92 Å². The van der Waals surface area contributed by atoms with Crippen molar-refractivity contribution in [2.45, 2.75) is 13.0 Å². The van der Waals surface area contributed by atoms with Crippen molar-refractivity contribution in [1.82, 2.24) is 4.90 Å². The third kappa shape index (κ3) is 2.95. The van der Waals surface area contributed by atoms with Gasteiger partial charge in [0.05, 0.1) is 24.8 Å². The Labute approximate surface area is 131 Å². The van der Waals surface area contributed by atoms with Crippen molar-refractivity contribution in [2.24, 2.45) is 5.92 Å². The van der Waals surface area contributed by atoms with Crippen LogP contribution in [-0.2, 0) is 9.53 Å². The first kappa shape index (κ1) is 15.2. The van der Waals surface area contributed by atoms with E-state index < -0.39 is 17.9 Å². The molecule has 1 saturated heterocycles. The van der Waals surface area contributed by atoms with Crippen molar-refractivity contribution in [3.8, 4) is 0 Å². The van der Waals surface area contributed by atoms with Crippen molar-refractivity contribution in [2.75, 3.05) is 19.8 Å². The van der Waals surface area contributed by atoms with E-state index >= 15 is 0 Å². The maximum atomic E-state index is 12.6. The summed E-state index contributed by atoms with van der Waals surface area (Å²) in [7, 11) is 0. The van der Waals surface area contributed by atoms with E-state index in [4.69, 9.17) is 4.74 Å². The Morgan fingerprint density at radius 2 is 2.10 bits per heavy atom. The number of halogens is 1. The summed E-state index contributed by atoms with van der Waals surface area (Å²) >= 11 is 2.11. The third-order valence-corrected chi connectivity index (χ3v) is 4.41. The Morgan fingerprint density at radius 3 is 2.70 bits per heavy atom. The molecule has 0 aliphatic carbocycles. The van der Waals surface area contributed by atoms with E-state index in [0.29, 0.717) is 12.1 Å².